The van der Waals surface area contributed by atoms with Crippen molar-refractivity contribution in [2.75, 3.05) is 26.2 Å². The molecule has 2 aromatic carbocycles. The molecule has 2 unspecified atom stereocenters. The normalized spacial score (nSPS) is 19.0. The molecule has 0 saturated carbocycles. The summed E-state index contributed by atoms with van der Waals surface area (Å²) in [7, 11) is 0. The highest BCUT2D eigenvalue weighted by atomic mass is 19.4. The number of carbonyl (C=O) groups is 1. The Kier molecular flexibility index (Phi) is 8.71. The van der Waals surface area contributed by atoms with Crippen molar-refractivity contribution in [3.63, 3.8) is 0 Å². The Morgan fingerprint density at radius 1 is 0.889 bits per heavy atom. The average Bonchev–Trinajstić information content (AvgIpc) is 2.78. The van der Waals surface area contributed by atoms with Crippen molar-refractivity contribution in [3.8, 4) is 0 Å². The topological polar surface area (TPSA) is 43.8 Å². The van der Waals surface area contributed by atoms with Gasteiger partial charge in [-0.2, -0.15) is 26.3 Å². The van der Waals surface area contributed by atoms with E-state index in [0.29, 0.717) is 36.6 Å². The van der Waals surface area contributed by atoms with Crippen molar-refractivity contribution in [2.24, 2.45) is 5.92 Å². The van der Waals surface area contributed by atoms with Gasteiger partial charge in [0.05, 0.1) is 17.7 Å². The van der Waals surface area contributed by atoms with Crippen LogP contribution < -0.4 is 0 Å². The minimum Gasteiger partial charge on any atom is -0.480 e. The molecule has 1 aliphatic heterocycles. The molecular weight excluding hydrogens is 486 g/mol. The maximum absolute atomic E-state index is 13.1. The van der Waals surface area contributed by atoms with E-state index in [1.54, 1.807) is 4.90 Å². The molecule has 10 heteroatoms. The quantitative estimate of drug-likeness (QED) is 0.400. The second-order valence-electron chi connectivity index (χ2n) is 9.61. The summed E-state index contributed by atoms with van der Waals surface area (Å²) >= 11 is 0. The molecule has 0 spiro atoms. The monoisotopic (exact) mass is 516 g/mol. The predicted molar refractivity (Wildman–Crippen MR) is 123 cm³/mol. The van der Waals surface area contributed by atoms with Crippen LogP contribution in [0.2, 0.25) is 0 Å². The Morgan fingerprint density at radius 2 is 1.42 bits per heavy atom. The van der Waals surface area contributed by atoms with Crippen LogP contribution in [-0.4, -0.2) is 47.1 Å². The number of hydrogen-bond donors (Lipinski definition) is 1. The summed E-state index contributed by atoms with van der Waals surface area (Å²) in [6.45, 7) is 4.99. The number of halogens is 6. The highest BCUT2D eigenvalue weighted by Crippen LogP contribution is 2.39. The first-order valence-electron chi connectivity index (χ1n) is 11.8. The first-order chi connectivity index (χ1) is 16.8. The van der Waals surface area contributed by atoms with E-state index in [1.807, 2.05) is 13.8 Å². The molecule has 2 aromatic rings. The van der Waals surface area contributed by atoms with Crippen molar-refractivity contribution in [3.05, 3.63) is 70.8 Å². The predicted octanol–water partition coefficient (Wildman–Crippen LogP) is 6.65. The maximum Gasteiger partial charge on any atom is 0.416 e. The first kappa shape index (κ1) is 28.0. The molecule has 1 saturated heterocycles. The van der Waals surface area contributed by atoms with Crippen LogP contribution in [-0.2, 0) is 17.1 Å². The smallest absolute Gasteiger partial charge is 0.416 e. The van der Waals surface area contributed by atoms with E-state index in [-0.39, 0.29) is 19.1 Å². The van der Waals surface area contributed by atoms with Gasteiger partial charge in [0.15, 0.2) is 0 Å². The van der Waals surface area contributed by atoms with Gasteiger partial charge in [0.1, 0.15) is 0 Å². The minimum absolute atomic E-state index is 0.206. The Bertz CT molecular complexity index is 1000. The standard InChI is InChI=1S/C26H30F6N2O2/c1-17(2)3-12-22(18-4-8-20(9-5-18)25(27,28)29)34-14-13-33(16-24(35)36)15-23(34)19-6-10-21(11-7-19)26(30,31)32/h4-11,17,22-23H,3,12-16H2,1-2H3,(H,35,36). The number of carboxylic acid groups (broad SMARTS) is 1. The van der Waals surface area contributed by atoms with E-state index >= 15 is 0 Å². The fourth-order valence-corrected chi connectivity index (χ4v) is 4.66. The van der Waals surface area contributed by atoms with Gasteiger partial charge < -0.3 is 5.11 Å². The van der Waals surface area contributed by atoms with Gasteiger partial charge in [-0.05, 0) is 54.2 Å². The van der Waals surface area contributed by atoms with Gasteiger partial charge in [0.2, 0.25) is 0 Å². The van der Waals surface area contributed by atoms with Crippen molar-refractivity contribution < 1.29 is 36.2 Å². The van der Waals surface area contributed by atoms with Crippen molar-refractivity contribution in [1.29, 1.82) is 0 Å². The fraction of sp³-hybridized carbons (Fsp3) is 0.500. The van der Waals surface area contributed by atoms with Gasteiger partial charge in [0.25, 0.3) is 0 Å². The van der Waals surface area contributed by atoms with E-state index < -0.39 is 35.5 Å². The molecule has 36 heavy (non-hydrogen) atoms. The van der Waals surface area contributed by atoms with Gasteiger partial charge in [-0.3, -0.25) is 14.6 Å². The Balaban J connectivity index is 1.99. The third-order valence-electron chi connectivity index (χ3n) is 6.53. The van der Waals surface area contributed by atoms with Crippen LogP contribution in [0.25, 0.3) is 0 Å². The summed E-state index contributed by atoms with van der Waals surface area (Å²) in [5, 5.41) is 9.27. The molecule has 0 aliphatic carbocycles. The zero-order valence-corrected chi connectivity index (χ0v) is 20.1. The average molecular weight is 517 g/mol. The molecule has 2 atom stereocenters. The number of rotatable bonds is 8. The first-order valence-corrected chi connectivity index (χ1v) is 11.8. The number of piperazine rings is 1. The number of carboxylic acids is 1. The number of benzene rings is 2. The molecule has 0 radical (unpaired) electrons. The molecule has 1 fully saturated rings. The van der Waals surface area contributed by atoms with Crippen LogP contribution in [0, 0.1) is 5.92 Å². The molecule has 198 valence electrons. The minimum atomic E-state index is -4.49. The molecule has 1 aliphatic rings. The highest BCUT2D eigenvalue weighted by molar-refractivity contribution is 5.69. The second-order valence-corrected chi connectivity index (χ2v) is 9.61. The molecule has 0 bridgehead atoms. The van der Waals surface area contributed by atoms with Gasteiger partial charge >= 0.3 is 18.3 Å². The molecular formula is C26H30F6N2O2. The second kappa shape index (κ2) is 11.2. The van der Waals surface area contributed by atoms with Gasteiger partial charge in [-0.15, -0.1) is 0 Å². The van der Waals surface area contributed by atoms with Gasteiger partial charge in [-0.1, -0.05) is 38.1 Å². The van der Waals surface area contributed by atoms with Crippen LogP contribution in [0.5, 0.6) is 0 Å². The lowest BCUT2D eigenvalue weighted by Crippen LogP contribution is -2.50. The Morgan fingerprint density at radius 3 is 1.89 bits per heavy atom. The maximum atomic E-state index is 13.1. The molecule has 1 N–H and O–H groups in total. The summed E-state index contributed by atoms with van der Waals surface area (Å²) in [5.41, 5.74) is -0.249. The van der Waals surface area contributed by atoms with Crippen LogP contribution in [0.1, 0.15) is 61.0 Å². The summed E-state index contributed by atoms with van der Waals surface area (Å²) < 4.78 is 78.8. The van der Waals surface area contributed by atoms with Crippen LogP contribution in [0.15, 0.2) is 48.5 Å². The van der Waals surface area contributed by atoms with Gasteiger partial charge in [-0.25, -0.2) is 0 Å². The summed E-state index contributed by atoms with van der Waals surface area (Å²) in [4.78, 5) is 15.1. The third kappa shape index (κ3) is 7.22. The van der Waals surface area contributed by atoms with E-state index in [0.717, 1.165) is 30.7 Å². The van der Waals surface area contributed by atoms with E-state index in [1.165, 1.54) is 24.3 Å². The van der Waals surface area contributed by atoms with Crippen molar-refractivity contribution >= 4 is 5.97 Å². The lowest BCUT2D eigenvalue weighted by Gasteiger charge is -2.45. The molecule has 3 rings (SSSR count). The zero-order chi connectivity index (χ0) is 26.7. The van der Waals surface area contributed by atoms with Crippen LogP contribution in [0.3, 0.4) is 0 Å². The third-order valence-corrected chi connectivity index (χ3v) is 6.53. The zero-order valence-electron chi connectivity index (χ0n) is 20.1. The summed E-state index contributed by atoms with van der Waals surface area (Å²) in [5.74, 6) is -0.673. The lowest BCUT2D eigenvalue weighted by atomic mass is 9.91. The van der Waals surface area contributed by atoms with Gasteiger partial charge in [0, 0.05) is 31.7 Å². The van der Waals surface area contributed by atoms with E-state index in [4.69, 9.17) is 0 Å². The molecule has 1 heterocycles. The summed E-state index contributed by atoms with van der Waals surface area (Å²) in [6.07, 6.45) is -7.52. The highest BCUT2D eigenvalue weighted by Gasteiger charge is 2.36. The number of alkyl halides is 6. The molecule has 0 amide bonds. The molecule has 0 aromatic heterocycles. The SMILES string of the molecule is CC(C)CCC(c1ccc(C(F)(F)F)cc1)N1CCN(CC(=O)O)CC1c1ccc(C(F)(F)F)cc1. The number of hydrogen-bond acceptors (Lipinski definition) is 3. The van der Waals surface area contributed by atoms with Crippen molar-refractivity contribution in [1.82, 2.24) is 9.80 Å². The summed E-state index contributed by atoms with van der Waals surface area (Å²) in [6, 6.07) is 9.11. The molecule has 4 nitrogen and oxygen atoms in total. The largest absolute Gasteiger partial charge is 0.480 e. The van der Waals surface area contributed by atoms with Crippen LogP contribution >= 0.6 is 0 Å². The van der Waals surface area contributed by atoms with Crippen LogP contribution in [0.4, 0.5) is 26.3 Å². The number of aliphatic carboxylic acids is 1. The lowest BCUT2D eigenvalue weighted by molar-refractivity contribution is -0.140. The Labute approximate surface area is 206 Å². The number of nitrogens with zero attached hydrogens (tertiary/aromatic N) is 2. The van der Waals surface area contributed by atoms with E-state index in [9.17, 15) is 36.2 Å². The fourth-order valence-electron chi connectivity index (χ4n) is 4.66. The van der Waals surface area contributed by atoms with Crippen molar-refractivity contribution in [2.45, 2.75) is 51.1 Å². The van der Waals surface area contributed by atoms with E-state index in [2.05, 4.69) is 4.90 Å². The Hall–Kier alpha value is -2.59.